The monoisotopic (exact) mass is 279 g/mol. The van der Waals surface area contributed by atoms with Gasteiger partial charge in [0, 0.05) is 38.8 Å². The molecule has 2 rings (SSSR count). The Balaban J connectivity index is 2.03. The summed E-state index contributed by atoms with van der Waals surface area (Å²) in [6.07, 6.45) is 0. The first-order valence-electron chi connectivity index (χ1n) is 7.02. The lowest BCUT2D eigenvalue weighted by Crippen LogP contribution is -2.52. The van der Waals surface area contributed by atoms with Crippen molar-refractivity contribution in [3.8, 4) is 0 Å². The second-order valence-corrected chi connectivity index (χ2v) is 5.40. The van der Waals surface area contributed by atoms with E-state index in [9.17, 15) is 9.18 Å². The Kier molecular flexibility index (Phi) is 4.73. The van der Waals surface area contributed by atoms with Gasteiger partial charge in [0.25, 0.3) is 5.91 Å². The van der Waals surface area contributed by atoms with E-state index >= 15 is 0 Å². The van der Waals surface area contributed by atoms with Gasteiger partial charge in [0.2, 0.25) is 0 Å². The van der Waals surface area contributed by atoms with Crippen LogP contribution >= 0.6 is 0 Å². The number of aryl methyl sites for hydroxylation is 1. The summed E-state index contributed by atoms with van der Waals surface area (Å²) in [5, 5.41) is 0. The van der Waals surface area contributed by atoms with Crippen LogP contribution in [0.15, 0.2) is 18.2 Å². The van der Waals surface area contributed by atoms with Crippen LogP contribution in [0.3, 0.4) is 0 Å². The molecule has 1 atom stereocenters. The first-order valence-corrected chi connectivity index (χ1v) is 7.02. The summed E-state index contributed by atoms with van der Waals surface area (Å²) < 4.78 is 13.8. The fourth-order valence-electron chi connectivity index (χ4n) is 2.49. The van der Waals surface area contributed by atoms with Crippen LogP contribution in [0, 0.1) is 12.7 Å². The maximum atomic E-state index is 13.8. The summed E-state index contributed by atoms with van der Waals surface area (Å²) in [7, 11) is 0. The zero-order chi connectivity index (χ0) is 14.7. The first kappa shape index (κ1) is 14.9. The van der Waals surface area contributed by atoms with Gasteiger partial charge in [-0.1, -0.05) is 11.6 Å². The van der Waals surface area contributed by atoms with Crippen molar-refractivity contribution in [2.45, 2.75) is 19.9 Å². The van der Waals surface area contributed by atoms with Crippen LogP contribution in [-0.2, 0) is 0 Å². The van der Waals surface area contributed by atoms with Crippen molar-refractivity contribution < 1.29 is 9.18 Å². The van der Waals surface area contributed by atoms with Crippen LogP contribution in [0.1, 0.15) is 22.8 Å². The minimum atomic E-state index is -0.446. The van der Waals surface area contributed by atoms with Gasteiger partial charge in [0.15, 0.2) is 0 Å². The van der Waals surface area contributed by atoms with Crippen molar-refractivity contribution in [1.29, 1.82) is 0 Å². The van der Waals surface area contributed by atoms with E-state index in [0.29, 0.717) is 25.7 Å². The fourth-order valence-corrected chi connectivity index (χ4v) is 2.49. The molecule has 1 unspecified atom stereocenters. The fraction of sp³-hybridized carbons (Fsp3) is 0.533. The highest BCUT2D eigenvalue weighted by Gasteiger charge is 2.25. The van der Waals surface area contributed by atoms with Crippen LogP contribution in [-0.4, -0.2) is 54.5 Å². The highest BCUT2D eigenvalue weighted by molar-refractivity contribution is 5.94. The highest BCUT2D eigenvalue weighted by atomic mass is 19.1. The Labute approximate surface area is 119 Å². The minimum absolute atomic E-state index is 0.172. The van der Waals surface area contributed by atoms with Crippen molar-refractivity contribution >= 4 is 5.91 Å². The van der Waals surface area contributed by atoms with Crippen LogP contribution in [0.4, 0.5) is 4.39 Å². The van der Waals surface area contributed by atoms with Crippen molar-refractivity contribution in [2.24, 2.45) is 5.73 Å². The maximum absolute atomic E-state index is 13.8. The van der Waals surface area contributed by atoms with Crippen LogP contribution in [0.5, 0.6) is 0 Å². The zero-order valence-electron chi connectivity index (χ0n) is 12.1. The average molecular weight is 279 g/mol. The number of piperazine rings is 1. The SMILES string of the molecule is Cc1ccc(F)c(C(=O)N2CCN(C(C)CN)CC2)c1. The smallest absolute Gasteiger partial charge is 0.256 e. The van der Waals surface area contributed by atoms with Gasteiger partial charge in [0.05, 0.1) is 5.56 Å². The predicted molar refractivity (Wildman–Crippen MR) is 77.1 cm³/mol. The number of carbonyl (C=O) groups is 1. The van der Waals surface area contributed by atoms with Crippen molar-refractivity contribution in [3.05, 3.63) is 35.1 Å². The normalized spacial score (nSPS) is 18.1. The summed E-state index contributed by atoms with van der Waals surface area (Å²) in [6.45, 7) is 7.37. The molecule has 0 radical (unpaired) electrons. The lowest BCUT2D eigenvalue weighted by molar-refractivity contribution is 0.0584. The predicted octanol–water partition coefficient (Wildman–Crippen LogP) is 1.24. The second kappa shape index (κ2) is 6.33. The molecule has 2 N–H and O–H groups in total. The summed E-state index contributed by atoms with van der Waals surface area (Å²) in [6, 6.07) is 4.97. The molecule has 1 aromatic carbocycles. The number of nitrogens with two attached hydrogens (primary N) is 1. The maximum Gasteiger partial charge on any atom is 0.256 e. The molecule has 1 aliphatic rings. The Morgan fingerprint density at radius 2 is 2.00 bits per heavy atom. The number of carbonyl (C=O) groups excluding carboxylic acids is 1. The zero-order valence-corrected chi connectivity index (χ0v) is 12.1. The van der Waals surface area contributed by atoms with E-state index in [1.807, 2.05) is 6.92 Å². The first-order chi connectivity index (χ1) is 9.52. The van der Waals surface area contributed by atoms with Gasteiger partial charge in [-0.05, 0) is 26.0 Å². The Morgan fingerprint density at radius 1 is 1.35 bits per heavy atom. The van der Waals surface area contributed by atoms with Gasteiger partial charge < -0.3 is 10.6 Å². The lowest BCUT2D eigenvalue weighted by atomic mass is 10.1. The molecule has 4 nitrogen and oxygen atoms in total. The molecule has 0 aliphatic carbocycles. The molecule has 1 aromatic rings. The molecule has 1 amide bonds. The van der Waals surface area contributed by atoms with Gasteiger partial charge in [-0.3, -0.25) is 9.69 Å². The van der Waals surface area contributed by atoms with Gasteiger partial charge in [-0.15, -0.1) is 0 Å². The van der Waals surface area contributed by atoms with Gasteiger partial charge in [0.1, 0.15) is 5.82 Å². The molecule has 1 heterocycles. The topological polar surface area (TPSA) is 49.6 Å². The third-order valence-electron chi connectivity index (χ3n) is 3.92. The van der Waals surface area contributed by atoms with E-state index in [0.717, 1.165) is 18.7 Å². The van der Waals surface area contributed by atoms with Crippen LogP contribution < -0.4 is 5.73 Å². The molecule has 5 heteroatoms. The Morgan fingerprint density at radius 3 is 2.60 bits per heavy atom. The van der Waals surface area contributed by atoms with Crippen LogP contribution in [0.25, 0.3) is 0 Å². The van der Waals surface area contributed by atoms with Crippen LogP contribution in [0.2, 0.25) is 0 Å². The third kappa shape index (κ3) is 3.16. The molecule has 1 aliphatic heterocycles. The van der Waals surface area contributed by atoms with E-state index in [2.05, 4.69) is 11.8 Å². The standard InChI is InChI=1S/C15H22FN3O/c1-11-3-4-14(16)13(9-11)15(20)19-7-5-18(6-8-19)12(2)10-17/h3-4,9,12H,5-8,10,17H2,1-2H3. The summed E-state index contributed by atoms with van der Waals surface area (Å²) in [5.74, 6) is -0.662. The van der Waals surface area contributed by atoms with E-state index in [1.165, 1.54) is 6.07 Å². The molecule has 1 saturated heterocycles. The largest absolute Gasteiger partial charge is 0.336 e. The van der Waals surface area contributed by atoms with Crippen molar-refractivity contribution in [1.82, 2.24) is 9.80 Å². The Bertz CT molecular complexity index is 484. The van der Waals surface area contributed by atoms with Crippen molar-refractivity contribution in [3.63, 3.8) is 0 Å². The lowest BCUT2D eigenvalue weighted by Gasteiger charge is -2.37. The van der Waals surface area contributed by atoms with E-state index in [1.54, 1.807) is 17.0 Å². The van der Waals surface area contributed by atoms with E-state index in [4.69, 9.17) is 5.73 Å². The number of hydrogen-bond acceptors (Lipinski definition) is 3. The minimum Gasteiger partial charge on any atom is -0.336 e. The molecule has 0 saturated carbocycles. The quantitative estimate of drug-likeness (QED) is 0.905. The number of benzene rings is 1. The number of halogens is 1. The summed E-state index contributed by atoms with van der Waals surface area (Å²) >= 11 is 0. The molecule has 0 bridgehead atoms. The summed E-state index contributed by atoms with van der Waals surface area (Å²) in [4.78, 5) is 16.3. The molecular weight excluding hydrogens is 257 g/mol. The molecule has 20 heavy (non-hydrogen) atoms. The third-order valence-corrected chi connectivity index (χ3v) is 3.92. The number of amides is 1. The van der Waals surface area contributed by atoms with Gasteiger partial charge in [-0.2, -0.15) is 0 Å². The number of hydrogen-bond donors (Lipinski definition) is 1. The molecule has 110 valence electrons. The van der Waals surface area contributed by atoms with E-state index in [-0.39, 0.29) is 11.5 Å². The molecule has 0 aromatic heterocycles. The van der Waals surface area contributed by atoms with Gasteiger partial charge in [-0.25, -0.2) is 4.39 Å². The Hall–Kier alpha value is -1.46. The number of rotatable bonds is 3. The summed E-state index contributed by atoms with van der Waals surface area (Å²) in [5.41, 5.74) is 6.72. The second-order valence-electron chi connectivity index (χ2n) is 5.40. The van der Waals surface area contributed by atoms with E-state index < -0.39 is 5.82 Å². The molecular formula is C15H22FN3O. The molecule has 1 fully saturated rings. The molecule has 0 spiro atoms. The van der Waals surface area contributed by atoms with Gasteiger partial charge >= 0.3 is 0 Å². The highest BCUT2D eigenvalue weighted by Crippen LogP contribution is 2.15. The number of nitrogens with zero attached hydrogens (tertiary/aromatic N) is 2. The van der Waals surface area contributed by atoms with Crippen molar-refractivity contribution in [2.75, 3.05) is 32.7 Å². The average Bonchev–Trinajstić information content (AvgIpc) is 2.48.